The molecule has 1 aliphatic rings. The van der Waals surface area contributed by atoms with E-state index in [0.29, 0.717) is 29.6 Å². The van der Waals surface area contributed by atoms with Crippen LogP contribution in [-0.4, -0.2) is 34.1 Å². The average Bonchev–Trinajstić information content (AvgIpc) is 3.18. The first-order valence-electron chi connectivity index (χ1n) is 7.18. The van der Waals surface area contributed by atoms with E-state index in [1.54, 1.807) is 17.0 Å². The largest absolute Gasteiger partial charge is 0.493 e. The number of hydrogen-bond donors (Lipinski definition) is 0. The quantitative estimate of drug-likeness (QED) is 0.847. The van der Waals surface area contributed by atoms with Crippen molar-refractivity contribution in [2.75, 3.05) is 13.2 Å². The van der Waals surface area contributed by atoms with E-state index >= 15 is 0 Å². The molecule has 0 unspecified atom stereocenters. The van der Waals surface area contributed by atoms with Crippen LogP contribution >= 0.6 is 11.6 Å². The van der Waals surface area contributed by atoms with Crippen LogP contribution < -0.4 is 4.74 Å². The topological polar surface area (TPSA) is 68.5 Å². The van der Waals surface area contributed by atoms with Gasteiger partial charge in [-0.1, -0.05) is 22.8 Å². The molecule has 1 aromatic carbocycles. The maximum absolute atomic E-state index is 12.3. The molecule has 1 fully saturated rings. The lowest BCUT2D eigenvalue weighted by Gasteiger charge is -2.22. The molecule has 0 aliphatic carbocycles. The van der Waals surface area contributed by atoms with E-state index in [-0.39, 0.29) is 11.9 Å². The molecular formula is C15H16ClN3O3. The molecule has 2 heterocycles. The summed E-state index contributed by atoms with van der Waals surface area (Å²) in [6, 6.07) is 7.04. The number of halogens is 1. The summed E-state index contributed by atoms with van der Waals surface area (Å²) in [5, 5.41) is 4.45. The zero-order valence-corrected chi connectivity index (χ0v) is 12.7. The molecule has 0 radical (unpaired) electrons. The van der Waals surface area contributed by atoms with Crippen molar-refractivity contribution in [2.24, 2.45) is 0 Å². The van der Waals surface area contributed by atoms with Crippen molar-refractivity contribution >= 4 is 17.5 Å². The molecular weight excluding hydrogens is 306 g/mol. The number of aromatic nitrogens is 2. The van der Waals surface area contributed by atoms with E-state index in [1.807, 2.05) is 12.1 Å². The Morgan fingerprint density at radius 3 is 3.18 bits per heavy atom. The number of carbonyl (C=O) groups is 1. The summed E-state index contributed by atoms with van der Waals surface area (Å²) in [4.78, 5) is 18.2. The molecule has 1 aromatic heterocycles. The van der Waals surface area contributed by atoms with E-state index in [4.69, 9.17) is 20.9 Å². The Morgan fingerprint density at radius 2 is 2.41 bits per heavy atom. The highest BCUT2D eigenvalue weighted by atomic mass is 35.5. The van der Waals surface area contributed by atoms with Crippen molar-refractivity contribution < 1.29 is 14.1 Å². The van der Waals surface area contributed by atoms with Crippen molar-refractivity contribution in [3.8, 4) is 5.75 Å². The molecule has 6 nitrogen and oxygen atoms in total. The van der Waals surface area contributed by atoms with Crippen molar-refractivity contribution in [2.45, 2.75) is 25.3 Å². The number of nitrogens with zero attached hydrogens (tertiary/aromatic N) is 3. The van der Waals surface area contributed by atoms with Crippen molar-refractivity contribution in [3.63, 3.8) is 0 Å². The molecule has 1 atom stereocenters. The van der Waals surface area contributed by atoms with Gasteiger partial charge in [0.2, 0.25) is 12.3 Å². The van der Waals surface area contributed by atoms with E-state index in [2.05, 4.69) is 10.1 Å². The summed E-state index contributed by atoms with van der Waals surface area (Å²) in [6.45, 7) is 1.03. The molecule has 0 N–H and O–H groups in total. The number of rotatable bonds is 5. The predicted octanol–water partition coefficient (Wildman–Crippen LogP) is 2.86. The van der Waals surface area contributed by atoms with Gasteiger partial charge in [-0.25, -0.2) is 0 Å². The predicted molar refractivity (Wildman–Crippen MR) is 79.6 cm³/mol. The monoisotopic (exact) mass is 321 g/mol. The summed E-state index contributed by atoms with van der Waals surface area (Å²) >= 11 is 5.89. The second-order valence-corrected chi connectivity index (χ2v) is 5.53. The summed E-state index contributed by atoms with van der Waals surface area (Å²) in [7, 11) is 0. The normalized spacial score (nSPS) is 17.7. The molecule has 0 spiro atoms. The fraction of sp³-hybridized carbons (Fsp3) is 0.400. The molecule has 1 saturated heterocycles. The maximum atomic E-state index is 12.3. The lowest BCUT2D eigenvalue weighted by molar-refractivity contribution is -0.132. The Kier molecular flexibility index (Phi) is 4.58. The number of ether oxygens (including phenoxy) is 1. The van der Waals surface area contributed by atoms with E-state index in [0.717, 1.165) is 19.4 Å². The van der Waals surface area contributed by atoms with Gasteiger partial charge in [0.15, 0.2) is 5.82 Å². The standard InChI is InChI=1S/C15H16ClN3O3/c16-11-3-1-4-12(9-11)21-8-6-14(20)19-7-2-5-13(19)15-17-10-22-18-15/h1,3-4,9-10,13H,2,5-8H2/t13-/m0/s1. The van der Waals surface area contributed by atoms with E-state index in [9.17, 15) is 4.79 Å². The van der Waals surface area contributed by atoms with Gasteiger partial charge in [0, 0.05) is 11.6 Å². The van der Waals surface area contributed by atoms with Crippen LogP contribution in [0.3, 0.4) is 0 Å². The molecule has 1 aliphatic heterocycles. The Balaban J connectivity index is 1.53. The van der Waals surface area contributed by atoms with Crippen molar-refractivity contribution in [1.29, 1.82) is 0 Å². The van der Waals surface area contributed by atoms with Gasteiger partial charge in [0.25, 0.3) is 0 Å². The highest BCUT2D eigenvalue weighted by molar-refractivity contribution is 6.30. The number of benzene rings is 1. The van der Waals surface area contributed by atoms with Gasteiger partial charge in [-0.2, -0.15) is 4.98 Å². The van der Waals surface area contributed by atoms with Crippen molar-refractivity contribution in [1.82, 2.24) is 15.0 Å². The lowest BCUT2D eigenvalue weighted by Crippen LogP contribution is -2.32. The Labute approximate surface area is 133 Å². The number of amides is 1. The van der Waals surface area contributed by atoms with Crippen LogP contribution in [0.15, 0.2) is 35.2 Å². The van der Waals surface area contributed by atoms with Crippen molar-refractivity contribution in [3.05, 3.63) is 41.5 Å². The van der Waals surface area contributed by atoms with Gasteiger partial charge in [0.1, 0.15) is 5.75 Å². The minimum absolute atomic E-state index is 0.0364. The molecule has 0 saturated carbocycles. The summed E-state index contributed by atoms with van der Waals surface area (Å²) < 4.78 is 10.3. The zero-order chi connectivity index (χ0) is 15.4. The Hall–Kier alpha value is -2.08. The third-order valence-electron chi connectivity index (χ3n) is 3.63. The number of likely N-dealkylation sites (tertiary alicyclic amines) is 1. The van der Waals surface area contributed by atoms with Crippen LogP contribution in [0.4, 0.5) is 0 Å². The highest BCUT2D eigenvalue weighted by Crippen LogP contribution is 2.30. The van der Waals surface area contributed by atoms with Crippen LogP contribution in [-0.2, 0) is 4.79 Å². The third kappa shape index (κ3) is 3.39. The van der Waals surface area contributed by atoms with Crippen LogP contribution in [0.5, 0.6) is 5.75 Å². The first kappa shape index (κ1) is 14.8. The van der Waals surface area contributed by atoms with E-state index < -0.39 is 0 Å². The van der Waals surface area contributed by atoms with Crippen LogP contribution in [0.2, 0.25) is 5.02 Å². The third-order valence-corrected chi connectivity index (χ3v) is 3.87. The molecule has 2 aromatic rings. The smallest absolute Gasteiger partial charge is 0.226 e. The lowest BCUT2D eigenvalue weighted by atomic mass is 10.2. The molecule has 22 heavy (non-hydrogen) atoms. The van der Waals surface area contributed by atoms with E-state index in [1.165, 1.54) is 6.39 Å². The first-order valence-corrected chi connectivity index (χ1v) is 7.56. The van der Waals surface area contributed by atoms with Crippen LogP contribution in [0, 0.1) is 0 Å². The number of carbonyl (C=O) groups excluding carboxylic acids is 1. The molecule has 0 bridgehead atoms. The number of hydrogen-bond acceptors (Lipinski definition) is 5. The molecule has 3 rings (SSSR count). The SMILES string of the molecule is O=C(CCOc1cccc(Cl)c1)N1CCC[C@H]1c1ncon1. The van der Waals surface area contributed by atoms with Gasteiger partial charge < -0.3 is 14.2 Å². The highest BCUT2D eigenvalue weighted by Gasteiger charge is 2.32. The molecule has 1 amide bonds. The summed E-state index contributed by atoms with van der Waals surface area (Å²) in [5.74, 6) is 1.27. The van der Waals surface area contributed by atoms with Gasteiger partial charge in [0.05, 0.1) is 19.1 Å². The Bertz CT molecular complexity index is 633. The minimum atomic E-state index is -0.0857. The van der Waals surface area contributed by atoms with Gasteiger partial charge >= 0.3 is 0 Å². The zero-order valence-electron chi connectivity index (χ0n) is 11.9. The summed E-state index contributed by atoms with van der Waals surface area (Å²) in [5.41, 5.74) is 0. The molecule has 7 heteroatoms. The average molecular weight is 322 g/mol. The van der Waals surface area contributed by atoms with Crippen LogP contribution in [0.25, 0.3) is 0 Å². The first-order chi connectivity index (χ1) is 10.7. The van der Waals surface area contributed by atoms with Gasteiger partial charge in [-0.05, 0) is 31.0 Å². The Morgan fingerprint density at radius 1 is 1.50 bits per heavy atom. The summed E-state index contributed by atoms with van der Waals surface area (Å²) in [6.07, 6.45) is 3.40. The maximum Gasteiger partial charge on any atom is 0.226 e. The second kappa shape index (κ2) is 6.79. The fourth-order valence-corrected chi connectivity index (χ4v) is 2.80. The minimum Gasteiger partial charge on any atom is -0.493 e. The van der Waals surface area contributed by atoms with Gasteiger partial charge in [-0.15, -0.1) is 0 Å². The molecule has 116 valence electrons. The fourth-order valence-electron chi connectivity index (χ4n) is 2.62. The van der Waals surface area contributed by atoms with Crippen LogP contribution in [0.1, 0.15) is 31.1 Å². The second-order valence-electron chi connectivity index (χ2n) is 5.09. The van der Waals surface area contributed by atoms with Gasteiger partial charge in [-0.3, -0.25) is 4.79 Å².